The van der Waals surface area contributed by atoms with E-state index in [0.29, 0.717) is 13.0 Å². The number of aromatic carboxylic acids is 1. The van der Waals surface area contributed by atoms with E-state index in [1.807, 2.05) is 4.90 Å². The van der Waals surface area contributed by atoms with E-state index in [-0.39, 0.29) is 29.6 Å². The molecule has 0 unspecified atom stereocenters. The molecule has 1 aromatic carbocycles. The van der Waals surface area contributed by atoms with Gasteiger partial charge in [-0.3, -0.25) is 0 Å². The molecule has 0 bridgehead atoms. The van der Waals surface area contributed by atoms with Crippen LogP contribution in [0.1, 0.15) is 22.3 Å². The largest absolute Gasteiger partial charge is 0.478 e. The molecule has 1 aliphatic rings. The molecule has 1 N–H and O–H groups in total. The van der Waals surface area contributed by atoms with E-state index in [9.17, 15) is 18.0 Å². The van der Waals surface area contributed by atoms with Crippen LogP contribution in [-0.2, 0) is 6.42 Å². The first-order chi connectivity index (χ1) is 9.38. The Labute approximate surface area is 118 Å². The summed E-state index contributed by atoms with van der Waals surface area (Å²) in [6.07, 6.45) is 1.41. The summed E-state index contributed by atoms with van der Waals surface area (Å²) in [5.41, 5.74) is -2.50. The topological polar surface area (TPSA) is 40.5 Å². The van der Waals surface area contributed by atoms with E-state index in [1.165, 1.54) is 6.07 Å². The van der Waals surface area contributed by atoms with Crippen LogP contribution in [0.25, 0.3) is 0 Å². The number of carbonyl (C=O) groups is 1. The molecular weight excluding hydrogens is 291 g/mol. The van der Waals surface area contributed by atoms with Crippen molar-refractivity contribution in [2.24, 2.45) is 0 Å². The van der Waals surface area contributed by atoms with Crippen LogP contribution in [0.15, 0.2) is 18.2 Å². The number of hydrogen-bond donors (Lipinski definition) is 1. The van der Waals surface area contributed by atoms with Crippen LogP contribution in [0.4, 0.5) is 18.9 Å². The third-order valence-electron chi connectivity index (χ3n) is 3.20. The molecule has 1 heterocycles. The van der Waals surface area contributed by atoms with E-state index in [4.69, 9.17) is 5.11 Å². The van der Waals surface area contributed by atoms with Gasteiger partial charge in [0, 0.05) is 24.5 Å². The number of halogens is 3. The van der Waals surface area contributed by atoms with Crippen molar-refractivity contribution in [1.29, 1.82) is 0 Å². The number of nitrogens with zero attached hydrogens (tertiary/aromatic N) is 1. The lowest BCUT2D eigenvalue weighted by Gasteiger charge is -2.32. The Morgan fingerprint density at radius 1 is 1.40 bits per heavy atom. The first-order valence-corrected chi connectivity index (χ1v) is 7.18. The third-order valence-corrected chi connectivity index (χ3v) is 3.92. The van der Waals surface area contributed by atoms with E-state index in [2.05, 4.69) is 0 Å². The molecular formula is C13H14F3NO2S. The van der Waals surface area contributed by atoms with Gasteiger partial charge in [-0.1, -0.05) is 6.07 Å². The quantitative estimate of drug-likeness (QED) is 0.925. The van der Waals surface area contributed by atoms with Gasteiger partial charge in [-0.05, 0) is 42.3 Å². The highest BCUT2D eigenvalue weighted by Crippen LogP contribution is 2.33. The van der Waals surface area contributed by atoms with E-state index >= 15 is 0 Å². The van der Waals surface area contributed by atoms with Crippen LogP contribution < -0.4 is 4.90 Å². The predicted molar refractivity (Wildman–Crippen MR) is 72.4 cm³/mol. The molecule has 0 aromatic heterocycles. The highest BCUT2D eigenvalue weighted by atomic mass is 32.2. The van der Waals surface area contributed by atoms with Gasteiger partial charge in [0.1, 0.15) is 0 Å². The number of carboxylic acid groups (broad SMARTS) is 1. The molecule has 0 spiro atoms. The Morgan fingerprint density at radius 2 is 2.15 bits per heavy atom. The third kappa shape index (κ3) is 3.59. The highest BCUT2D eigenvalue weighted by Gasteiger charge is 2.28. The van der Waals surface area contributed by atoms with Gasteiger partial charge < -0.3 is 10.0 Å². The Kier molecular flexibility index (Phi) is 4.47. The Hall–Kier alpha value is -1.37. The lowest BCUT2D eigenvalue weighted by molar-refractivity contribution is -0.0327. The fraction of sp³-hybridized carbons (Fsp3) is 0.462. The number of benzene rings is 1. The molecule has 0 fully saturated rings. The molecule has 110 valence electrons. The molecule has 0 saturated heterocycles. The van der Waals surface area contributed by atoms with Gasteiger partial charge in [0.2, 0.25) is 0 Å². The van der Waals surface area contributed by atoms with Gasteiger partial charge in [0.05, 0.1) is 5.56 Å². The van der Waals surface area contributed by atoms with Crippen LogP contribution in [0.3, 0.4) is 0 Å². The zero-order valence-corrected chi connectivity index (χ0v) is 11.4. The van der Waals surface area contributed by atoms with Crippen molar-refractivity contribution in [2.45, 2.75) is 18.3 Å². The second-order valence-corrected chi connectivity index (χ2v) is 5.65. The summed E-state index contributed by atoms with van der Waals surface area (Å²) < 4.78 is 36.4. The second-order valence-electron chi connectivity index (χ2n) is 4.49. The normalized spacial score (nSPS) is 15.1. The maximum Gasteiger partial charge on any atom is 0.441 e. The van der Waals surface area contributed by atoms with Gasteiger partial charge in [-0.25, -0.2) is 4.79 Å². The summed E-state index contributed by atoms with van der Waals surface area (Å²) in [7, 11) is 0. The summed E-state index contributed by atoms with van der Waals surface area (Å²) in [4.78, 5) is 13.0. The van der Waals surface area contributed by atoms with Gasteiger partial charge in [-0.2, -0.15) is 13.2 Å². The minimum atomic E-state index is -4.22. The second kappa shape index (κ2) is 5.95. The van der Waals surface area contributed by atoms with Gasteiger partial charge >= 0.3 is 11.5 Å². The van der Waals surface area contributed by atoms with E-state index < -0.39 is 11.5 Å². The van der Waals surface area contributed by atoms with Crippen LogP contribution in [0.5, 0.6) is 0 Å². The number of rotatable bonds is 4. The molecule has 3 nitrogen and oxygen atoms in total. The molecule has 2 rings (SSSR count). The number of anilines is 1. The fourth-order valence-electron chi connectivity index (χ4n) is 2.40. The van der Waals surface area contributed by atoms with Crippen molar-refractivity contribution in [3.8, 4) is 0 Å². The number of carboxylic acids is 1. The molecule has 0 atom stereocenters. The summed E-state index contributed by atoms with van der Waals surface area (Å²) in [5.74, 6) is -1.05. The van der Waals surface area contributed by atoms with E-state index in [1.54, 1.807) is 12.1 Å². The minimum absolute atomic E-state index is 0.0456. The summed E-state index contributed by atoms with van der Waals surface area (Å²) in [5, 5.41) is 9.14. The standard InChI is InChI=1S/C13H14F3NO2S/c14-13(15,16)20-8-7-17-6-2-4-9-10(12(18)19)3-1-5-11(9)17/h1,3,5H,2,4,6-8H2,(H,18,19). The van der Waals surface area contributed by atoms with Crippen molar-refractivity contribution in [2.75, 3.05) is 23.7 Å². The van der Waals surface area contributed by atoms with Crippen molar-refractivity contribution < 1.29 is 23.1 Å². The minimum Gasteiger partial charge on any atom is -0.478 e. The first-order valence-electron chi connectivity index (χ1n) is 6.19. The smallest absolute Gasteiger partial charge is 0.441 e. The van der Waals surface area contributed by atoms with E-state index in [0.717, 1.165) is 17.7 Å². The monoisotopic (exact) mass is 305 g/mol. The van der Waals surface area contributed by atoms with Crippen LogP contribution >= 0.6 is 11.8 Å². The summed E-state index contributed by atoms with van der Waals surface area (Å²) in [6.45, 7) is 0.925. The average molecular weight is 305 g/mol. The van der Waals surface area contributed by atoms with Gasteiger partial charge in [0.25, 0.3) is 0 Å². The molecule has 0 aliphatic carbocycles. The number of hydrogen-bond acceptors (Lipinski definition) is 3. The van der Waals surface area contributed by atoms with Crippen LogP contribution in [-0.4, -0.2) is 35.4 Å². The fourth-order valence-corrected chi connectivity index (χ4v) is 2.95. The van der Waals surface area contributed by atoms with Crippen molar-refractivity contribution in [3.05, 3.63) is 29.3 Å². The highest BCUT2D eigenvalue weighted by molar-refractivity contribution is 8.00. The van der Waals surface area contributed by atoms with Gasteiger partial charge in [0.15, 0.2) is 0 Å². The molecule has 0 amide bonds. The Morgan fingerprint density at radius 3 is 2.80 bits per heavy atom. The Balaban J connectivity index is 2.12. The lowest BCUT2D eigenvalue weighted by Crippen LogP contribution is -2.32. The maximum absolute atomic E-state index is 12.1. The SMILES string of the molecule is O=C(O)c1cccc2c1CCCN2CCSC(F)(F)F. The maximum atomic E-state index is 12.1. The zero-order chi connectivity index (χ0) is 14.8. The van der Waals surface area contributed by atoms with Crippen LogP contribution in [0.2, 0.25) is 0 Å². The number of fused-ring (bicyclic) bond motifs is 1. The zero-order valence-electron chi connectivity index (χ0n) is 10.6. The average Bonchev–Trinajstić information content (AvgIpc) is 2.36. The molecule has 0 radical (unpaired) electrons. The van der Waals surface area contributed by atoms with Crippen molar-refractivity contribution in [1.82, 2.24) is 0 Å². The van der Waals surface area contributed by atoms with Crippen molar-refractivity contribution in [3.63, 3.8) is 0 Å². The lowest BCUT2D eigenvalue weighted by atomic mass is 9.96. The summed E-state index contributed by atoms with van der Waals surface area (Å²) >= 11 is -0.0456. The molecule has 1 aromatic rings. The number of alkyl halides is 3. The van der Waals surface area contributed by atoms with Crippen molar-refractivity contribution >= 4 is 23.4 Å². The Bertz CT molecular complexity index is 505. The van der Waals surface area contributed by atoms with Crippen LogP contribution in [0, 0.1) is 0 Å². The molecule has 7 heteroatoms. The number of thioether (sulfide) groups is 1. The molecule has 20 heavy (non-hydrogen) atoms. The molecule has 1 aliphatic heterocycles. The first kappa shape index (κ1) is 15.0. The molecule has 0 saturated carbocycles. The van der Waals surface area contributed by atoms with Gasteiger partial charge in [-0.15, -0.1) is 0 Å². The predicted octanol–water partition coefficient (Wildman–Crippen LogP) is 3.39. The summed E-state index contributed by atoms with van der Waals surface area (Å²) in [6, 6.07) is 4.95.